The summed E-state index contributed by atoms with van der Waals surface area (Å²) in [5.74, 6) is -0.132. The molecule has 3 rings (SSSR count). The lowest BCUT2D eigenvalue weighted by Gasteiger charge is -2.17. The molecule has 0 bridgehead atoms. The summed E-state index contributed by atoms with van der Waals surface area (Å²) in [6, 6.07) is 8.52. The van der Waals surface area contributed by atoms with Crippen molar-refractivity contribution in [1.29, 1.82) is 0 Å². The van der Waals surface area contributed by atoms with Gasteiger partial charge in [0.05, 0.1) is 0 Å². The van der Waals surface area contributed by atoms with Crippen molar-refractivity contribution in [2.75, 3.05) is 13.1 Å². The van der Waals surface area contributed by atoms with Crippen LogP contribution in [0.1, 0.15) is 29.4 Å². The van der Waals surface area contributed by atoms with Crippen molar-refractivity contribution in [3.8, 4) is 0 Å². The van der Waals surface area contributed by atoms with E-state index in [1.54, 1.807) is 33.7 Å². The number of benzene rings is 1. The lowest BCUT2D eigenvalue weighted by Crippen LogP contribution is -2.30. The predicted octanol–water partition coefficient (Wildman–Crippen LogP) is 2.49. The molecule has 8 heteroatoms. The molecule has 0 aliphatic carbocycles. The molecule has 1 amide bonds. The number of aryl methyl sites for hydroxylation is 1. The standard InChI is InChI=1S/C17H20ClN3O3S/c1-2-20-8-5-9-21-12-14(10-16(21)17(20)22)25(23,24)19-11-13-6-3-4-7-15(13)18/h3-4,6-7,10,12,19H,2,5,8-9,11H2,1H3. The summed E-state index contributed by atoms with van der Waals surface area (Å²) in [6.07, 6.45) is 2.33. The maximum Gasteiger partial charge on any atom is 0.270 e. The van der Waals surface area contributed by atoms with E-state index >= 15 is 0 Å². The Morgan fingerprint density at radius 2 is 2.00 bits per heavy atom. The maximum absolute atomic E-state index is 12.6. The fraction of sp³-hybridized carbons (Fsp3) is 0.353. The molecule has 0 spiro atoms. The third-order valence-corrected chi connectivity index (χ3v) is 6.04. The minimum atomic E-state index is -3.73. The van der Waals surface area contributed by atoms with Crippen LogP contribution in [0, 0.1) is 0 Å². The van der Waals surface area contributed by atoms with Crippen molar-refractivity contribution in [3.05, 3.63) is 52.8 Å². The zero-order chi connectivity index (χ0) is 18.0. The van der Waals surface area contributed by atoms with E-state index in [-0.39, 0.29) is 17.3 Å². The molecular weight excluding hydrogens is 362 g/mol. The molecule has 0 fully saturated rings. The molecule has 1 aromatic carbocycles. The number of fused-ring (bicyclic) bond motifs is 1. The van der Waals surface area contributed by atoms with Crippen molar-refractivity contribution in [3.63, 3.8) is 0 Å². The number of nitrogens with zero attached hydrogens (tertiary/aromatic N) is 2. The number of carbonyl (C=O) groups is 1. The van der Waals surface area contributed by atoms with Crippen molar-refractivity contribution < 1.29 is 13.2 Å². The SMILES string of the molecule is CCN1CCCn2cc(S(=O)(=O)NCc3ccccc3Cl)cc2C1=O. The van der Waals surface area contributed by atoms with Crippen LogP contribution in [0.2, 0.25) is 5.02 Å². The average molecular weight is 382 g/mol. The zero-order valence-electron chi connectivity index (χ0n) is 13.9. The summed E-state index contributed by atoms with van der Waals surface area (Å²) in [4.78, 5) is 14.3. The first-order chi connectivity index (χ1) is 11.9. The number of amides is 1. The number of rotatable bonds is 5. The molecule has 25 heavy (non-hydrogen) atoms. The van der Waals surface area contributed by atoms with Gasteiger partial charge in [-0.2, -0.15) is 0 Å². The Labute approximate surface area is 152 Å². The highest BCUT2D eigenvalue weighted by atomic mass is 35.5. The van der Waals surface area contributed by atoms with Gasteiger partial charge in [-0.3, -0.25) is 4.79 Å². The van der Waals surface area contributed by atoms with Crippen LogP contribution >= 0.6 is 11.6 Å². The summed E-state index contributed by atoms with van der Waals surface area (Å²) in [7, 11) is -3.73. The lowest BCUT2D eigenvalue weighted by molar-refractivity contribution is 0.0766. The van der Waals surface area contributed by atoms with Gasteiger partial charge in [-0.1, -0.05) is 29.8 Å². The van der Waals surface area contributed by atoms with E-state index in [0.717, 1.165) is 6.42 Å². The molecule has 134 valence electrons. The van der Waals surface area contributed by atoms with Gasteiger partial charge in [0.2, 0.25) is 10.0 Å². The fourth-order valence-corrected chi connectivity index (χ4v) is 4.14. The van der Waals surface area contributed by atoms with E-state index < -0.39 is 10.0 Å². The quantitative estimate of drug-likeness (QED) is 0.864. The van der Waals surface area contributed by atoms with E-state index in [1.165, 1.54) is 12.3 Å². The predicted molar refractivity (Wildman–Crippen MR) is 96.1 cm³/mol. The third-order valence-electron chi connectivity index (χ3n) is 4.31. The Kier molecular flexibility index (Phi) is 5.17. The second-order valence-corrected chi connectivity index (χ2v) is 8.08. The van der Waals surface area contributed by atoms with Gasteiger partial charge in [-0.15, -0.1) is 0 Å². The molecule has 1 N–H and O–H groups in total. The number of aromatic nitrogens is 1. The Morgan fingerprint density at radius 3 is 2.72 bits per heavy atom. The summed E-state index contributed by atoms with van der Waals surface area (Å²) >= 11 is 6.06. The summed E-state index contributed by atoms with van der Waals surface area (Å²) in [5, 5.41) is 0.506. The van der Waals surface area contributed by atoms with Crippen LogP contribution in [0.4, 0.5) is 0 Å². The number of sulfonamides is 1. The van der Waals surface area contributed by atoms with Crippen LogP contribution in [0.25, 0.3) is 0 Å². The van der Waals surface area contributed by atoms with Crippen molar-refractivity contribution >= 4 is 27.5 Å². The number of carbonyl (C=O) groups excluding carboxylic acids is 1. The van der Waals surface area contributed by atoms with Crippen LogP contribution < -0.4 is 4.72 Å². The number of nitrogens with one attached hydrogen (secondary N) is 1. The maximum atomic E-state index is 12.6. The Balaban J connectivity index is 1.83. The highest BCUT2D eigenvalue weighted by Gasteiger charge is 2.26. The monoisotopic (exact) mass is 381 g/mol. The number of hydrogen-bond donors (Lipinski definition) is 1. The molecular formula is C17H20ClN3O3S. The van der Waals surface area contributed by atoms with Crippen LogP contribution in [-0.4, -0.2) is 36.9 Å². The Morgan fingerprint density at radius 1 is 1.24 bits per heavy atom. The van der Waals surface area contributed by atoms with Gasteiger partial charge in [-0.05, 0) is 31.0 Å². The smallest absolute Gasteiger partial charge is 0.270 e. The summed E-state index contributed by atoms with van der Waals surface area (Å²) < 4.78 is 29.4. The van der Waals surface area contributed by atoms with Crippen molar-refractivity contribution in [2.45, 2.75) is 31.3 Å². The van der Waals surface area contributed by atoms with E-state index in [2.05, 4.69) is 4.72 Å². The van der Waals surface area contributed by atoms with E-state index in [4.69, 9.17) is 11.6 Å². The van der Waals surface area contributed by atoms with Gasteiger partial charge in [0.15, 0.2) is 0 Å². The molecule has 1 aromatic heterocycles. The molecule has 1 aliphatic rings. The molecule has 2 heterocycles. The third kappa shape index (κ3) is 3.73. The first kappa shape index (κ1) is 18.0. The first-order valence-electron chi connectivity index (χ1n) is 8.15. The van der Waals surface area contributed by atoms with Crippen LogP contribution in [0.15, 0.2) is 41.4 Å². The van der Waals surface area contributed by atoms with Gasteiger partial charge in [0, 0.05) is 37.4 Å². The Bertz CT molecular complexity index is 892. The highest BCUT2D eigenvalue weighted by molar-refractivity contribution is 7.89. The minimum Gasteiger partial charge on any atom is -0.342 e. The van der Waals surface area contributed by atoms with Gasteiger partial charge < -0.3 is 9.47 Å². The second kappa shape index (κ2) is 7.19. The van der Waals surface area contributed by atoms with Crippen molar-refractivity contribution in [1.82, 2.24) is 14.2 Å². The van der Waals surface area contributed by atoms with E-state index in [0.29, 0.717) is 35.9 Å². The topological polar surface area (TPSA) is 71.4 Å². The molecule has 1 aliphatic heterocycles. The molecule has 0 saturated heterocycles. The van der Waals surface area contributed by atoms with Gasteiger partial charge in [0.25, 0.3) is 5.91 Å². The molecule has 0 atom stereocenters. The van der Waals surface area contributed by atoms with Crippen LogP contribution in [0.3, 0.4) is 0 Å². The zero-order valence-corrected chi connectivity index (χ0v) is 15.5. The van der Waals surface area contributed by atoms with Crippen LogP contribution in [0.5, 0.6) is 0 Å². The van der Waals surface area contributed by atoms with Gasteiger partial charge in [-0.25, -0.2) is 13.1 Å². The molecule has 0 radical (unpaired) electrons. The van der Waals surface area contributed by atoms with E-state index in [9.17, 15) is 13.2 Å². The number of hydrogen-bond acceptors (Lipinski definition) is 3. The normalized spacial score (nSPS) is 15.1. The van der Waals surface area contributed by atoms with Gasteiger partial charge >= 0.3 is 0 Å². The van der Waals surface area contributed by atoms with Crippen LogP contribution in [-0.2, 0) is 23.1 Å². The average Bonchev–Trinajstić information content (AvgIpc) is 2.97. The lowest BCUT2D eigenvalue weighted by atomic mass is 10.2. The van der Waals surface area contributed by atoms with Crippen molar-refractivity contribution in [2.24, 2.45) is 0 Å². The number of halogens is 1. The van der Waals surface area contributed by atoms with E-state index in [1.807, 2.05) is 6.92 Å². The largest absolute Gasteiger partial charge is 0.342 e. The highest BCUT2D eigenvalue weighted by Crippen LogP contribution is 2.21. The molecule has 0 unspecified atom stereocenters. The minimum absolute atomic E-state index is 0.0948. The second-order valence-electron chi connectivity index (χ2n) is 5.91. The summed E-state index contributed by atoms with van der Waals surface area (Å²) in [6.45, 7) is 3.93. The molecule has 2 aromatic rings. The fourth-order valence-electron chi connectivity index (χ4n) is 2.89. The molecule has 0 saturated carbocycles. The van der Waals surface area contributed by atoms with Gasteiger partial charge in [0.1, 0.15) is 10.6 Å². The first-order valence-corrected chi connectivity index (χ1v) is 10.0. The summed E-state index contributed by atoms with van der Waals surface area (Å²) in [5.41, 5.74) is 1.11. The molecule has 6 nitrogen and oxygen atoms in total. The Hall–Kier alpha value is -1.83.